The molecule has 0 saturated heterocycles. The molecule has 0 aromatic heterocycles. The van der Waals surface area contributed by atoms with Crippen LogP contribution in [0.4, 0.5) is 8.78 Å². The molecule has 0 aliphatic carbocycles. The van der Waals surface area contributed by atoms with Gasteiger partial charge in [0.25, 0.3) is 0 Å². The number of rotatable bonds is 14. The normalized spacial score (nSPS) is 13.4. The Balaban J connectivity index is 2.29. The number of unbranched alkanes of at least 4 members (excludes halogenated alkanes) is 1. The quantitative estimate of drug-likeness (QED) is 0.350. The summed E-state index contributed by atoms with van der Waals surface area (Å²) in [5, 5.41) is 4.48. The minimum absolute atomic E-state index is 0.0529. The Bertz CT molecular complexity index is 1030. The molecule has 0 spiro atoms. The molecule has 1 amide bonds. The van der Waals surface area contributed by atoms with Crippen molar-refractivity contribution in [2.24, 2.45) is 5.73 Å². The highest BCUT2D eigenvalue weighted by atomic mass is 32.2. The van der Waals surface area contributed by atoms with Crippen molar-refractivity contribution in [1.29, 1.82) is 0 Å². The van der Waals surface area contributed by atoms with E-state index >= 15 is 0 Å². The van der Waals surface area contributed by atoms with Crippen molar-refractivity contribution < 1.29 is 22.0 Å². The number of sulfone groups is 1. The molecule has 187 valence electrons. The monoisotopic (exact) mass is 494 g/mol. The zero-order chi connectivity index (χ0) is 25.1. The number of halogens is 2. The Morgan fingerprint density at radius 3 is 2.38 bits per heavy atom. The second-order valence-corrected chi connectivity index (χ2v) is 10.4. The first-order valence-electron chi connectivity index (χ1n) is 11.5. The van der Waals surface area contributed by atoms with Crippen LogP contribution >= 0.6 is 0 Å². The number of benzene rings is 2. The van der Waals surface area contributed by atoms with Crippen LogP contribution in [0.2, 0.25) is 0 Å². The van der Waals surface area contributed by atoms with Crippen molar-refractivity contribution in [1.82, 2.24) is 10.6 Å². The summed E-state index contributed by atoms with van der Waals surface area (Å²) < 4.78 is 54.6. The van der Waals surface area contributed by atoms with Gasteiger partial charge in [-0.05, 0) is 48.1 Å². The number of nitrogens with one attached hydrogen (secondary N) is 2. The predicted molar refractivity (Wildman–Crippen MR) is 131 cm³/mol. The number of hydrogen-bond donors (Lipinski definition) is 3. The first-order valence-corrected chi connectivity index (χ1v) is 13.2. The molecule has 0 saturated carbocycles. The van der Waals surface area contributed by atoms with Crippen molar-refractivity contribution in [3.05, 3.63) is 77.2 Å². The summed E-state index contributed by atoms with van der Waals surface area (Å²) in [6.07, 6.45) is 3.54. The van der Waals surface area contributed by atoms with Crippen LogP contribution in [0.25, 0.3) is 0 Å². The third-order valence-electron chi connectivity index (χ3n) is 5.47. The van der Waals surface area contributed by atoms with Crippen LogP contribution in [0.3, 0.4) is 0 Å². The number of aryl methyl sites for hydroxylation is 1. The van der Waals surface area contributed by atoms with Crippen molar-refractivity contribution >= 4 is 15.7 Å². The van der Waals surface area contributed by atoms with Crippen LogP contribution in [0.15, 0.2) is 42.5 Å². The van der Waals surface area contributed by atoms with Crippen LogP contribution in [0.1, 0.15) is 48.6 Å². The van der Waals surface area contributed by atoms with Gasteiger partial charge in [0.15, 0.2) is 9.84 Å². The molecular formula is C25H34F2N3O3S. The average Bonchev–Trinajstić information content (AvgIpc) is 2.79. The lowest BCUT2D eigenvalue weighted by molar-refractivity contribution is -0.120. The van der Waals surface area contributed by atoms with Gasteiger partial charge >= 0.3 is 0 Å². The molecule has 0 aliphatic heterocycles. The van der Waals surface area contributed by atoms with Crippen LogP contribution in [-0.2, 0) is 27.6 Å². The molecule has 34 heavy (non-hydrogen) atoms. The molecule has 2 rings (SSSR count). The summed E-state index contributed by atoms with van der Waals surface area (Å²) in [7, 11) is -3.87. The van der Waals surface area contributed by atoms with Crippen molar-refractivity contribution in [3.8, 4) is 0 Å². The number of amides is 1. The maximum atomic E-state index is 14.0. The van der Waals surface area contributed by atoms with E-state index in [2.05, 4.69) is 23.6 Å². The number of hydrogen-bond acceptors (Lipinski definition) is 5. The Labute approximate surface area is 201 Å². The van der Waals surface area contributed by atoms with Crippen molar-refractivity contribution in [3.63, 3.8) is 0 Å². The van der Waals surface area contributed by atoms with Crippen LogP contribution in [-0.4, -0.2) is 39.2 Å². The summed E-state index contributed by atoms with van der Waals surface area (Å²) in [5.74, 6) is -2.51. The first kappa shape index (κ1) is 27.9. The fourth-order valence-corrected chi connectivity index (χ4v) is 5.86. The minimum atomic E-state index is -3.87. The molecular weight excluding hydrogens is 460 g/mol. The van der Waals surface area contributed by atoms with Gasteiger partial charge in [-0.15, -0.1) is 0 Å². The first-order chi connectivity index (χ1) is 16.2. The molecule has 4 N–H and O–H groups in total. The molecule has 2 aromatic carbocycles. The van der Waals surface area contributed by atoms with Gasteiger partial charge in [0.1, 0.15) is 16.9 Å². The van der Waals surface area contributed by atoms with Crippen molar-refractivity contribution in [2.75, 3.05) is 18.8 Å². The number of carbonyl (C=O) groups is 1. The average molecular weight is 495 g/mol. The standard InChI is InChI=1S/C25H34F2N3O3S/c1-3-5-11-34(32,33)25(20-13-21(26)15-22(27)14-20)23(30-24(31)16-28)9-10-29-17-19-8-6-7-18(4-2)12-19/h6-9,12-15,23,25,29H,3-5,10-11,16-17,28H2,1-2H3,(H,30,31)/t23-,25?/m0/s1. The third kappa shape index (κ3) is 8.45. The van der Waals surface area contributed by atoms with Crippen LogP contribution in [0, 0.1) is 18.1 Å². The Kier molecular flexibility index (Phi) is 11.1. The van der Waals surface area contributed by atoms with Crippen LogP contribution < -0.4 is 16.4 Å². The smallest absolute Gasteiger partial charge is 0.234 e. The van der Waals surface area contributed by atoms with Gasteiger partial charge in [-0.25, -0.2) is 17.2 Å². The summed E-state index contributed by atoms with van der Waals surface area (Å²) in [6.45, 7) is 4.36. The molecule has 6 nitrogen and oxygen atoms in total. The SMILES string of the molecule is CCCCS(=O)(=O)C(c1cc(F)cc(F)c1)[C@H]([CH]CNCc1cccc(CC)c1)NC(=O)CN. The molecule has 2 aromatic rings. The molecule has 0 aliphatic rings. The van der Waals surface area contributed by atoms with E-state index in [9.17, 15) is 22.0 Å². The number of nitrogens with two attached hydrogens (primary N) is 1. The second kappa shape index (κ2) is 13.5. The molecule has 2 atom stereocenters. The van der Waals surface area contributed by atoms with Gasteiger partial charge in [0.05, 0.1) is 18.3 Å². The van der Waals surface area contributed by atoms with Crippen LogP contribution in [0.5, 0.6) is 0 Å². The van der Waals surface area contributed by atoms with Crippen molar-refractivity contribution in [2.45, 2.75) is 50.9 Å². The Morgan fingerprint density at radius 1 is 1.09 bits per heavy atom. The highest BCUT2D eigenvalue weighted by Gasteiger charge is 2.36. The lowest BCUT2D eigenvalue weighted by Crippen LogP contribution is -2.46. The molecule has 0 heterocycles. The second-order valence-electron chi connectivity index (χ2n) is 8.18. The summed E-state index contributed by atoms with van der Waals surface area (Å²) in [6, 6.07) is 9.71. The number of carbonyl (C=O) groups excluding carboxylic acids is 1. The van der Waals surface area contributed by atoms with Gasteiger partial charge in [-0.2, -0.15) is 0 Å². The predicted octanol–water partition coefficient (Wildman–Crippen LogP) is 3.22. The highest BCUT2D eigenvalue weighted by molar-refractivity contribution is 7.91. The largest absolute Gasteiger partial charge is 0.350 e. The maximum absolute atomic E-state index is 14.0. The van der Waals surface area contributed by atoms with Gasteiger partial charge < -0.3 is 16.4 Å². The Morgan fingerprint density at radius 2 is 1.76 bits per heavy atom. The topological polar surface area (TPSA) is 101 Å². The molecule has 0 fully saturated rings. The van der Waals surface area contributed by atoms with E-state index < -0.39 is 38.7 Å². The zero-order valence-electron chi connectivity index (χ0n) is 19.7. The van der Waals surface area contributed by atoms with E-state index in [1.807, 2.05) is 25.1 Å². The third-order valence-corrected chi connectivity index (χ3v) is 7.66. The highest BCUT2D eigenvalue weighted by Crippen LogP contribution is 2.30. The van der Waals surface area contributed by atoms with E-state index in [4.69, 9.17) is 5.73 Å². The van der Waals surface area contributed by atoms with E-state index in [1.165, 1.54) is 5.56 Å². The summed E-state index contributed by atoms with van der Waals surface area (Å²) in [5.41, 5.74) is 7.66. The van der Waals surface area contributed by atoms with E-state index in [0.717, 1.165) is 24.1 Å². The molecule has 1 radical (unpaired) electrons. The lowest BCUT2D eigenvalue weighted by atomic mass is 10.0. The summed E-state index contributed by atoms with van der Waals surface area (Å²) >= 11 is 0. The van der Waals surface area contributed by atoms with Gasteiger partial charge in [-0.3, -0.25) is 4.79 Å². The maximum Gasteiger partial charge on any atom is 0.234 e. The minimum Gasteiger partial charge on any atom is -0.350 e. The lowest BCUT2D eigenvalue weighted by Gasteiger charge is -2.28. The molecule has 9 heteroatoms. The van der Waals surface area contributed by atoms with E-state index in [0.29, 0.717) is 25.5 Å². The van der Waals surface area contributed by atoms with Gasteiger partial charge in [0.2, 0.25) is 5.91 Å². The summed E-state index contributed by atoms with van der Waals surface area (Å²) in [4.78, 5) is 12.1. The fraction of sp³-hybridized carbons (Fsp3) is 0.440. The van der Waals surface area contributed by atoms with E-state index in [1.54, 1.807) is 6.42 Å². The Hall–Kier alpha value is -2.36. The van der Waals surface area contributed by atoms with Gasteiger partial charge in [-0.1, -0.05) is 44.5 Å². The van der Waals surface area contributed by atoms with Gasteiger partial charge in [0, 0.05) is 19.2 Å². The molecule has 0 bridgehead atoms. The fourth-order valence-electron chi connectivity index (χ4n) is 3.74. The zero-order valence-corrected chi connectivity index (χ0v) is 20.5. The van der Waals surface area contributed by atoms with E-state index in [-0.39, 0.29) is 24.4 Å². The molecule has 1 unspecified atom stereocenters.